The van der Waals surface area contributed by atoms with Gasteiger partial charge in [0.15, 0.2) is 12.3 Å². The third-order valence-corrected chi connectivity index (χ3v) is 13.5. The Hall–Kier alpha value is -4.05. The van der Waals surface area contributed by atoms with Crippen LogP contribution in [-0.2, 0) is 60.2 Å². The summed E-state index contributed by atoms with van der Waals surface area (Å²) in [6.07, 6.45) is 15.4. The monoisotopic (exact) mass is 909 g/mol. The molecule has 16 nitrogen and oxygen atoms in total. The van der Waals surface area contributed by atoms with Crippen molar-refractivity contribution < 1.29 is 67.6 Å². The van der Waals surface area contributed by atoms with E-state index in [2.05, 4.69) is 4.90 Å². The molecule has 4 N–H and O–H groups in total. The van der Waals surface area contributed by atoms with Gasteiger partial charge in [0.05, 0.1) is 34.2 Å². The Balaban J connectivity index is 1.71. The summed E-state index contributed by atoms with van der Waals surface area (Å²) in [6, 6.07) is 8.79. The molecule has 0 saturated carbocycles. The molecule has 0 saturated heterocycles. The Morgan fingerprint density at radius 2 is 1.38 bits per heavy atom. The second-order valence-corrected chi connectivity index (χ2v) is 19.7. The smallest absolute Gasteiger partial charge is 0.303 e. The Bertz CT molecular complexity index is 2390. The number of fused-ring (bicyclic) bond motifs is 2. The topological polar surface area (TPSA) is 234 Å². The van der Waals surface area contributed by atoms with E-state index >= 15 is 0 Å². The van der Waals surface area contributed by atoms with Gasteiger partial charge in [-0.15, -0.1) is 0 Å². The van der Waals surface area contributed by atoms with Crippen molar-refractivity contribution in [1.29, 1.82) is 0 Å². The highest BCUT2D eigenvalue weighted by molar-refractivity contribution is 7.86. The van der Waals surface area contributed by atoms with Gasteiger partial charge in [0, 0.05) is 68.3 Å². The fraction of sp³-hybridized carbons (Fsp3) is 0.476. The van der Waals surface area contributed by atoms with Crippen LogP contribution in [0.2, 0.25) is 0 Å². The molecule has 0 radical (unpaired) electrons. The molecule has 0 fully saturated rings. The Kier molecular flexibility index (Phi) is 17.4. The number of hydrogen-bond donors (Lipinski definition) is 4. The van der Waals surface area contributed by atoms with Crippen molar-refractivity contribution in [2.45, 2.75) is 79.4 Å². The third kappa shape index (κ3) is 13.0. The van der Waals surface area contributed by atoms with Gasteiger partial charge in [-0.25, -0.2) is 0 Å². The van der Waals surface area contributed by atoms with Gasteiger partial charge in [0.2, 0.25) is 5.69 Å². The summed E-state index contributed by atoms with van der Waals surface area (Å²) in [5.41, 5.74) is 2.55. The average Bonchev–Trinajstić information content (AvgIpc) is 3.54. The molecule has 2 aliphatic rings. The minimum Gasteiger partial charge on any atom is -0.481 e. The maximum Gasteiger partial charge on any atom is 0.303 e. The van der Waals surface area contributed by atoms with Crippen LogP contribution in [0.3, 0.4) is 0 Å². The van der Waals surface area contributed by atoms with Gasteiger partial charge in [-0.05, 0) is 87.9 Å². The summed E-state index contributed by atoms with van der Waals surface area (Å²) in [5, 5.41) is 9.13. The molecule has 0 amide bonds. The standard InChI is InChI=1S/C42H56N2O14S3/c1-41(21-13-29-59(47,48)49)34-30-32(60(50,51)52)18-20-37(34)44(24-26-56-3)38(41)14-9-6-5-7-10-15-39-42(2,22-25-58-28-27-57-4)35-31-33(61(53,54)55)17-19-36(35)43(39)23-12-8-11-16-40(45)46/h5-7,9-10,14-15,17-20,30-31H,8,11-13,16,21-29H2,1-4H3,(H3-,45,46,47,48,49,50,51,52,53,54,55)/p+1. The van der Waals surface area contributed by atoms with E-state index in [1.807, 2.05) is 42.7 Å². The maximum atomic E-state index is 12.3. The molecule has 2 heterocycles. The second kappa shape index (κ2) is 21.4. The first-order valence-electron chi connectivity index (χ1n) is 19.8. The molecule has 2 unspecified atom stereocenters. The van der Waals surface area contributed by atoms with Gasteiger partial charge in [0.1, 0.15) is 6.61 Å². The van der Waals surface area contributed by atoms with Crippen LogP contribution in [0.5, 0.6) is 0 Å². The van der Waals surface area contributed by atoms with E-state index < -0.39 is 52.9 Å². The van der Waals surface area contributed by atoms with Crippen LogP contribution in [0.4, 0.5) is 11.4 Å². The van der Waals surface area contributed by atoms with Crippen molar-refractivity contribution in [2.24, 2.45) is 0 Å². The molecular weight excluding hydrogens is 853 g/mol. The fourth-order valence-corrected chi connectivity index (χ4v) is 9.43. The highest BCUT2D eigenvalue weighted by Gasteiger charge is 2.48. The van der Waals surface area contributed by atoms with Crippen LogP contribution >= 0.6 is 0 Å². The van der Waals surface area contributed by atoms with Gasteiger partial charge in [-0.3, -0.25) is 18.5 Å². The van der Waals surface area contributed by atoms with E-state index in [-0.39, 0.29) is 29.1 Å². The van der Waals surface area contributed by atoms with E-state index in [0.29, 0.717) is 87.7 Å². The number of ether oxygens (including phenoxy) is 3. The number of anilines is 1. The number of benzene rings is 2. The highest BCUT2D eigenvalue weighted by atomic mass is 32.2. The quantitative estimate of drug-likeness (QED) is 0.0394. The summed E-state index contributed by atoms with van der Waals surface area (Å²) >= 11 is 0. The number of carboxylic acids is 1. The normalized spacial score (nSPS) is 20.2. The molecule has 19 heteroatoms. The van der Waals surface area contributed by atoms with E-state index in [9.17, 15) is 43.7 Å². The van der Waals surface area contributed by atoms with E-state index in [0.717, 1.165) is 11.4 Å². The molecule has 2 aromatic rings. The fourth-order valence-electron chi connectivity index (χ4n) is 7.91. The lowest BCUT2D eigenvalue weighted by Gasteiger charge is -2.30. The first-order chi connectivity index (χ1) is 28.7. The van der Waals surface area contributed by atoms with Crippen molar-refractivity contribution >= 4 is 53.4 Å². The minimum absolute atomic E-state index is 0.0523. The molecular formula is C42H57N2O14S3+. The van der Waals surface area contributed by atoms with E-state index in [1.165, 1.54) is 24.3 Å². The number of methoxy groups -OCH3 is 2. The van der Waals surface area contributed by atoms with Gasteiger partial charge in [-0.2, -0.15) is 29.8 Å². The maximum absolute atomic E-state index is 12.3. The number of nitrogens with zero attached hydrogens (tertiary/aromatic N) is 2. The summed E-state index contributed by atoms with van der Waals surface area (Å²) in [7, 11) is -10.2. The molecule has 0 spiro atoms. The number of aliphatic carboxylic acids is 1. The lowest BCUT2D eigenvalue weighted by atomic mass is 9.76. The lowest BCUT2D eigenvalue weighted by Crippen LogP contribution is -2.32. The van der Waals surface area contributed by atoms with Gasteiger partial charge < -0.3 is 24.2 Å². The Labute approximate surface area is 359 Å². The highest BCUT2D eigenvalue weighted by Crippen LogP contribution is 2.51. The zero-order chi connectivity index (χ0) is 45.1. The molecule has 0 aliphatic carbocycles. The predicted molar refractivity (Wildman–Crippen MR) is 231 cm³/mol. The lowest BCUT2D eigenvalue weighted by molar-refractivity contribution is -0.441. The third-order valence-electron chi connectivity index (χ3n) is 11.0. The molecule has 2 aromatic carbocycles. The Morgan fingerprint density at radius 1 is 0.738 bits per heavy atom. The zero-order valence-corrected chi connectivity index (χ0v) is 37.3. The van der Waals surface area contributed by atoms with Crippen LogP contribution in [-0.4, -0.2) is 120 Å². The van der Waals surface area contributed by atoms with E-state index in [4.69, 9.17) is 19.3 Å². The van der Waals surface area contributed by atoms with Gasteiger partial charge in [-0.1, -0.05) is 36.8 Å². The van der Waals surface area contributed by atoms with Crippen molar-refractivity contribution in [2.75, 3.05) is 64.4 Å². The largest absolute Gasteiger partial charge is 0.481 e. The van der Waals surface area contributed by atoms with Crippen LogP contribution < -0.4 is 4.90 Å². The molecule has 2 atom stereocenters. The first kappa shape index (κ1) is 49.6. The summed E-state index contributed by atoms with van der Waals surface area (Å²) in [5.74, 6) is -1.37. The number of allylic oxidation sites excluding steroid dienone is 8. The summed E-state index contributed by atoms with van der Waals surface area (Å²) in [4.78, 5) is 12.7. The van der Waals surface area contributed by atoms with Crippen molar-refractivity contribution in [1.82, 2.24) is 0 Å². The zero-order valence-electron chi connectivity index (χ0n) is 34.9. The van der Waals surface area contributed by atoms with Crippen molar-refractivity contribution in [3.05, 3.63) is 95.8 Å². The molecule has 61 heavy (non-hydrogen) atoms. The predicted octanol–water partition coefficient (Wildman–Crippen LogP) is 5.88. The second-order valence-electron chi connectivity index (χ2n) is 15.3. The molecule has 0 bridgehead atoms. The van der Waals surface area contributed by atoms with E-state index in [1.54, 1.807) is 44.6 Å². The van der Waals surface area contributed by atoms with Crippen LogP contribution in [0.15, 0.2) is 94.4 Å². The number of hydrogen-bond acceptors (Lipinski definition) is 11. The Morgan fingerprint density at radius 3 is 2.02 bits per heavy atom. The van der Waals surface area contributed by atoms with Gasteiger partial charge >= 0.3 is 5.97 Å². The number of rotatable bonds is 25. The van der Waals surface area contributed by atoms with Crippen molar-refractivity contribution in [3.63, 3.8) is 0 Å². The SMILES string of the molecule is COCCOCCC1(C)\C(=C/C=C/C=C/C=C/C2=[N+](CCOC)c3ccc(S(=O)(=O)O)cc3C2(C)CCCS(=O)(=O)O)N(CCCCCC(=O)O)c2ccc(S(=O)(=O)O)cc21. The van der Waals surface area contributed by atoms with Crippen LogP contribution in [0.1, 0.15) is 69.9 Å². The minimum atomic E-state index is -4.56. The number of unbranched alkanes of at least 4 members (excludes halogenated alkanes) is 2. The number of carbonyl (C=O) groups is 1. The first-order valence-corrected chi connectivity index (χ1v) is 24.3. The molecule has 336 valence electrons. The molecule has 2 aliphatic heterocycles. The summed E-state index contributed by atoms with van der Waals surface area (Å²) < 4.78 is 120. The average molecular weight is 910 g/mol. The molecule has 0 aromatic heterocycles. The van der Waals surface area contributed by atoms with Gasteiger partial charge in [0.25, 0.3) is 30.4 Å². The van der Waals surface area contributed by atoms with Crippen LogP contribution in [0, 0.1) is 0 Å². The summed E-state index contributed by atoms with van der Waals surface area (Å²) in [6.45, 7) is 6.12. The van der Waals surface area contributed by atoms with Crippen molar-refractivity contribution in [3.8, 4) is 0 Å². The number of carboxylic acid groups (broad SMARTS) is 1. The van der Waals surface area contributed by atoms with Crippen LogP contribution in [0.25, 0.3) is 0 Å². The molecule has 4 rings (SSSR count).